The van der Waals surface area contributed by atoms with Gasteiger partial charge in [0.1, 0.15) is 5.69 Å². The lowest BCUT2D eigenvalue weighted by Crippen LogP contribution is -2.19. The van der Waals surface area contributed by atoms with Gasteiger partial charge in [0, 0.05) is 28.7 Å². The summed E-state index contributed by atoms with van der Waals surface area (Å²) in [4.78, 5) is 17.4. The average Bonchev–Trinajstić information content (AvgIpc) is 3.25. The highest BCUT2D eigenvalue weighted by Gasteiger charge is 2.24. The molecule has 0 atom stereocenters. The quantitative estimate of drug-likeness (QED) is 0.741. The van der Waals surface area contributed by atoms with E-state index in [-0.39, 0.29) is 5.91 Å². The van der Waals surface area contributed by atoms with Crippen LogP contribution in [-0.4, -0.2) is 20.7 Å². The summed E-state index contributed by atoms with van der Waals surface area (Å²) in [6.45, 7) is 4.73. The molecule has 0 saturated carbocycles. The predicted octanol–water partition coefficient (Wildman–Crippen LogP) is 4.47. The molecule has 0 spiro atoms. The lowest BCUT2D eigenvalue weighted by molar-refractivity contribution is 0.101. The molecule has 0 aliphatic heterocycles. The third kappa shape index (κ3) is 3.17. The SMILES string of the molecule is CCn1nc2c(c1C(=O)Nc1ccc(-c3csc(C)n3)cc1)CCCC2. The number of nitrogens with one attached hydrogen (secondary N) is 1. The number of rotatable bonds is 4. The van der Waals surface area contributed by atoms with Crippen LogP contribution in [0.5, 0.6) is 0 Å². The fourth-order valence-electron chi connectivity index (χ4n) is 3.50. The minimum atomic E-state index is -0.0697. The largest absolute Gasteiger partial charge is 0.321 e. The molecule has 6 heteroatoms. The van der Waals surface area contributed by atoms with Gasteiger partial charge in [-0.3, -0.25) is 9.48 Å². The number of carbonyl (C=O) groups excluding carboxylic acids is 1. The summed E-state index contributed by atoms with van der Waals surface area (Å²) in [5.74, 6) is -0.0697. The molecule has 1 amide bonds. The minimum absolute atomic E-state index is 0.0697. The molecule has 1 aliphatic carbocycles. The molecule has 134 valence electrons. The zero-order valence-corrected chi connectivity index (χ0v) is 15.9. The molecule has 0 radical (unpaired) electrons. The number of amides is 1. The van der Waals surface area contributed by atoms with Gasteiger partial charge in [-0.2, -0.15) is 5.10 Å². The maximum atomic E-state index is 12.9. The number of thiazole rings is 1. The van der Waals surface area contributed by atoms with Crippen molar-refractivity contribution in [2.75, 3.05) is 5.32 Å². The van der Waals surface area contributed by atoms with E-state index in [4.69, 9.17) is 0 Å². The lowest BCUT2D eigenvalue weighted by Gasteiger charge is -2.12. The summed E-state index contributed by atoms with van der Waals surface area (Å²) in [5, 5.41) is 10.8. The Morgan fingerprint density at radius 3 is 2.69 bits per heavy atom. The Morgan fingerprint density at radius 2 is 2.00 bits per heavy atom. The van der Waals surface area contributed by atoms with Crippen molar-refractivity contribution < 1.29 is 4.79 Å². The van der Waals surface area contributed by atoms with Crippen LogP contribution in [0.1, 0.15) is 46.5 Å². The highest BCUT2D eigenvalue weighted by atomic mass is 32.1. The van der Waals surface area contributed by atoms with E-state index >= 15 is 0 Å². The van der Waals surface area contributed by atoms with E-state index < -0.39 is 0 Å². The fraction of sp³-hybridized carbons (Fsp3) is 0.350. The molecule has 0 unspecified atom stereocenters. The van der Waals surface area contributed by atoms with E-state index in [1.807, 2.05) is 42.8 Å². The predicted molar refractivity (Wildman–Crippen MR) is 105 cm³/mol. The number of aromatic nitrogens is 3. The Labute approximate surface area is 157 Å². The van der Waals surface area contributed by atoms with Crippen LogP contribution >= 0.6 is 11.3 Å². The standard InChI is InChI=1S/C20H22N4OS/c1-3-24-19(16-6-4-5-7-17(16)23-24)20(25)22-15-10-8-14(9-11-15)18-12-26-13(2)21-18/h8-12H,3-7H2,1-2H3,(H,22,25). The van der Waals surface area contributed by atoms with Crippen LogP contribution in [0, 0.1) is 6.92 Å². The zero-order chi connectivity index (χ0) is 18.1. The summed E-state index contributed by atoms with van der Waals surface area (Å²) >= 11 is 1.64. The first kappa shape index (κ1) is 17.0. The van der Waals surface area contributed by atoms with E-state index in [1.165, 1.54) is 0 Å². The second-order valence-electron chi connectivity index (χ2n) is 6.58. The van der Waals surface area contributed by atoms with Crippen LogP contribution in [0.3, 0.4) is 0 Å². The third-order valence-electron chi connectivity index (χ3n) is 4.80. The van der Waals surface area contributed by atoms with Gasteiger partial charge in [0.25, 0.3) is 5.91 Å². The van der Waals surface area contributed by atoms with Gasteiger partial charge in [-0.1, -0.05) is 12.1 Å². The van der Waals surface area contributed by atoms with Gasteiger partial charge in [0.2, 0.25) is 0 Å². The van der Waals surface area contributed by atoms with Gasteiger partial charge in [-0.25, -0.2) is 4.98 Å². The van der Waals surface area contributed by atoms with Crippen LogP contribution < -0.4 is 5.32 Å². The summed E-state index contributed by atoms with van der Waals surface area (Å²) in [6.07, 6.45) is 4.21. The Hall–Kier alpha value is -2.47. The first-order chi connectivity index (χ1) is 12.7. The highest BCUT2D eigenvalue weighted by Crippen LogP contribution is 2.26. The highest BCUT2D eigenvalue weighted by molar-refractivity contribution is 7.09. The number of aryl methyl sites for hydroxylation is 3. The van der Waals surface area contributed by atoms with Gasteiger partial charge in [-0.15, -0.1) is 11.3 Å². The van der Waals surface area contributed by atoms with Crippen molar-refractivity contribution in [1.82, 2.24) is 14.8 Å². The van der Waals surface area contributed by atoms with Crippen molar-refractivity contribution >= 4 is 22.9 Å². The first-order valence-electron chi connectivity index (χ1n) is 9.08. The number of carbonyl (C=O) groups is 1. The van der Waals surface area contributed by atoms with Crippen LogP contribution in [0.25, 0.3) is 11.3 Å². The van der Waals surface area contributed by atoms with E-state index in [1.54, 1.807) is 11.3 Å². The van der Waals surface area contributed by atoms with Crippen molar-refractivity contribution in [1.29, 1.82) is 0 Å². The number of nitrogens with zero attached hydrogens (tertiary/aromatic N) is 3. The van der Waals surface area contributed by atoms with Crippen molar-refractivity contribution in [2.24, 2.45) is 0 Å². The van der Waals surface area contributed by atoms with Crippen molar-refractivity contribution in [3.63, 3.8) is 0 Å². The number of anilines is 1. The second kappa shape index (κ2) is 7.03. The maximum absolute atomic E-state index is 12.9. The molecule has 1 aromatic carbocycles. The third-order valence-corrected chi connectivity index (χ3v) is 5.57. The summed E-state index contributed by atoms with van der Waals surface area (Å²) in [7, 11) is 0. The van der Waals surface area contributed by atoms with Crippen molar-refractivity contribution in [3.05, 3.63) is 51.6 Å². The normalized spacial score (nSPS) is 13.5. The van der Waals surface area contributed by atoms with Crippen LogP contribution in [0.2, 0.25) is 0 Å². The molecule has 0 saturated heterocycles. The molecule has 4 rings (SSSR count). The van der Waals surface area contributed by atoms with E-state index in [0.29, 0.717) is 6.54 Å². The first-order valence-corrected chi connectivity index (χ1v) is 9.96. The minimum Gasteiger partial charge on any atom is -0.321 e. The fourth-order valence-corrected chi connectivity index (χ4v) is 4.12. The molecule has 1 N–H and O–H groups in total. The van der Waals surface area contributed by atoms with Gasteiger partial charge in [-0.05, 0) is 51.7 Å². The van der Waals surface area contributed by atoms with Crippen LogP contribution in [-0.2, 0) is 19.4 Å². The molecule has 0 fully saturated rings. The van der Waals surface area contributed by atoms with Gasteiger partial charge >= 0.3 is 0 Å². The summed E-state index contributed by atoms with van der Waals surface area (Å²) < 4.78 is 1.84. The Balaban J connectivity index is 1.56. The number of hydrogen-bond donors (Lipinski definition) is 1. The molecule has 2 heterocycles. The molecule has 0 bridgehead atoms. The van der Waals surface area contributed by atoms with Crippen molar-refractivity contribution in [3.8, 4) is 11.3 Å². The van der Waals surface area contributed by atoms with Crippen molar-refractivity contribution in [2.45, 2.75) is 46.1 Å². The Morgan fingerprint density at radius 1 is 1.23 bits per heavy atom. The topological polar surface area (TPSA) is 59.8 Å². The van der Waals surface area contributed by atoms with Gasteiger partial charge < -0.3 is 5.32 Å². The van der Waals surface area contributed by atoms with Gasteiger partial charge in [0.05, 0.1) is 16.4 Å². The smallest absolute Gasteiger partial charge is 0.274 e. The molecular weight excluding hydrogens is 344 g/mol. The second-order valence-corrected chi connectivity index (χ2v) is 7.64. The molecular formula is C20H22N4OS. The van der Waals surface area contributed by atoms with E-state index in [2.05, 4.69) is 20.8 Å². The molecule has 1 aliphatic rings. The molecule has 2 aromatic heterocycles. The molecule has 3 aromatic rings. The molecule has 5 nitrogen and oxygen atoms in total. The monoisotopic (exact) mass is 366 g/mol. The number of benzene rings is 1. The Kier molecular flexibility index (Phi) is 4.59. The number of fused-ring (bicyclic) bond motifs is 1. The zero-order valence-electron chi connectivity index (χ0n) is 15.1. The maximum Gasteiger partial charge on any atom is 0.274 e. The summed E-state index contributed by atoms with van der Waals surface area (Å²) in [5.41, 5.74) is 5.77. The van der Waals surface area contributed by atoms with Crippen LogP contribution in [0.4, 0.5) is 5.69 Å². The lowest BCUT2D eigenvalue weighted by atomic mass is 9.95. The molecule has 26 heavy (non-hydrogen) atoms. The summed E-state index contributed by atoms with van der Waals surface area (Å²) in [6, 6.07) is 7.86. The van der Waals surface area contributed by atoms with E-state index in [0.717, 1.165) is 64.6 Å². The average molecular weight is 366 g/mol. The Bertz CT molecular complexity index is 939. The van der Waals surface area contributed by atoms with Gasteiger partial charge in [0.15, 0.2) is 0 Å². The number of hydrogen-bond acceptors (Lipinski definition) is 4. The van der Waals surface area contributed by atoms with E-state index in [9.17, 15) is 4.79 Å². The van der Waals surface area contributed by atoms with Crippen LogP contribution in [0.15, 0.2) is 29.6 Å².